The van der Waals surface area contributed by atoms with Gasteiger partial charge in [0.15, 0.2) is 5.78 Å². The van der Waals surface area contributed by atoms with Crippen molar-refractivity contribution < 1.29 is 14.3 Å². The lowest BCUT2D eigenvalue weighted by Gasteiger charge is -2.01. The van der Waals surface area contributed by atoms with Gasteiger partial charge in [-0.2, -0.15) is 0 Å². The van der Waals surface area contributed by atoms with Crippen LogP contribution in [0.2, 0.25) is 0 Å². The number of Topliss-reactive ketones (excluding diaryl/α,β-unsaturated/α-hetero) is 1. The van der Waals surface area contributed by atoms with Gasteiger partial charge in [-0.15, -0.1) is 0 Å². The Morgan fingerprint density at radius 3 is 2.79 bits per heavy atom. The zero-order chi connectivity index (χ0) is 10.3. The van der Waals surface area contributed by atoms with Gasteiger partial charge in [-0.25, -0.2) is 0 Å². The fourth-order valence-electron chi connectivity index (χ4n) is 1.63. The number of aromatic hydroxyl groups is 1. The first-order valence-corrected chi connectivity index (χ1v) is 4.32. The molecule has 0 aliphatic carbocycles. The molecule has 1 heterocycles. The number of rotatable bonds is 1. The first-order chi connectivity index (χ1) is 6.61. The number of phenolic OH excluding ortho intramolecular Hbond substituents is 1. The van der Waals surface area contributed by atoms with Crippen LogP contribution >= 0.6 is 0 Å². The SMILES string of the molecule is CC(=O)c1c(O)ccc2occ(C)c12. The summed E-state index contributed by atoms with van der Waals surface area (Å²) in [6.07, 6.45) is 1.58. The number of hydrogen-bond donors (Lipinski definition) is 1. The van der Waals surface area contributed by atoms with Crippen molar-refractivity contribution in [2.45, 2.75) is 13.8 Å². The van der Waals surface area contributed by atoms with Gasteiger partial charge in [0.25, 0.3) is 0 Å². The van der Waals surface area contributed by atoms with Crippen molar-refractivity contribution >= 4 is 16.8 Å². The molecule has 1 aromatic carbocycles. The summed E-state index contributed by atoms with van der Waals surface area (Å²) < 4.78 is 5.23. The van der Waals surface area contributed by atoms with E-state index in [1.54, 1.807) is 12.3 Å². The van der Waals surface area contributed by atoms with Crippen molar-refractivity contribution in [1.29, 1.82) is 0 Å². The molecule has 14 heavy (non-hydrogen) atoms. The van der Waals surface area contributed by atoms with Crippen LogP contribution in [-0.4, -0.2) is 10.9 Å². The van der Waals surface area contributed by atoms with Crippen molar-refractivity contribution in [1.82, 2.24) is 0 Å². The zero-order valence-corrected chi connectivity index (χ0v) is 8.00. The van der Waals surface area contributed by atoms with Gasteiger partial charge in [0.1, 0.15) is 11.3 Å². The summed E-state index contributed by atoms with van der Waals surface area (Å²) in [5.41, 5.74) is 1.83. The van der Waals surface area contributed by atoms with Crippen LogP contribution in [0.15, 0.2) is 22.8 Å². The Bertz CT molecular complexity index is 508. The monoisotopic (exact) mass is 190 g/mol. The molecule has 0 fully saturated rings. The molecule has 2 rings (SSSR count). The minimum absolute atomic E-state index is 0.00880. The van der Waals surface area contributed by atoms with E-state index >= 15 is 0 Å². The molecule has 0 radical (unpaired) electrons. The largest absolute Gasteiger partial charge is 0.507 e. The molecule has 0 bridgehead atoms. The highest BCUT2D eigenvalue weighted by molar-refractivity contribution is 6.09. The number of phenols is 1. The highest BCUT2D eigenvalue weighted by atomic mass is 16.3. The number of fused-ring (bicyclic) bond motifs is 1. The zero-order valence-electron chi connectivity index (χ0n) is 8.00. The smallest absolute Gasteiger partial charge is 0.164 e. The molecule has 0 amide bonds. The summed E-state index contributed by atoms with van der Waals surface area (Å²) >= 11 is 0. The molecule has 0 saturated carbocycles. The van der Waals surface area contributed by atoms with Gasteiger partial charge >= 0.3 is 0 Å². The third-order valence-corrected chi connectivity index (χ3v) is 2.25. The third-order valence-electron chi connectivity index (χ3n) is 2.25. The van der Waals surface area contributed by atoms with Gasteiger partial charge in [-0.1, -0.05) is 0 Å². The van der Waals surface area contributed by atoms with E-state index in [-0.39, 0.29) is 11.5 Å². The quantitative estimate of drug-likeness (QED) is 0.703. The van der Waals surface area contributed by atoms with Gasteiger partial charge in [-0.05, 0) is 31.5 Å². The third kappa shape index (κ3) is 1.09. The normalized spacial score (nSPS) is 10.7. The van der Waals surface area contributed by atoms with Crippen LogP contribution < -0.4 is 0 Å². The Morgan fingerprint density at radius 2 is 2.14 bits per heavy atom. The molecule has 0 spiro atoms. The summed E-state index contributed by atoms with van der Waals surface area (Å²) in [5, 5.41) is 10.3. The lowest BCUT2D eigenvalue weighted by Crippen LogP contribution is -1.94. The van der Waals surface area contributed by atoms with Crippen LogP contribution in [0.4, 0.5) is 0 Å². The first-order valence-electron chi connectivity index (χ1n) is 4.32. The van der Waals surface area contributed by atoms with Crippen molar-refractivity contribution in [2.24, 2.45) is 0 Å². The van der Waals surface area contributed by atoms with Crippen molar-refractivity contribution in [3.05, 3.63) is 29.5 Å². The molecule has 2 aromatic rings. The van der Waals surface area contributed by atoms with Gasteiger partial charge < -0.3 is 9.52 Å². The molecule has 0 atom stereocenters. The van der Waals surface area contributed by atoms with Crippen molar-refractivity contribution in [3.8, 4) is 5.75 Å². The minimum atomic E-state index is -0.155. The number of carbonyl (C=O) groups excluding carboxylic acids is 1. The lowest BCUT2D eigenvalue weighted by molar-refractivity contribution is 0.101. The summed E-state index contributed by atoms with van der Waals surface area (Å²) in [4.78, 5) is 11.3. The summed E-state index contributed by atoms with van der Waals surface area (Å²) in [5.74, 6) is -0.146. The molecule has 3 nitrogen and oxygen atoms in total. The van der Waals surface area contributed by atoms with Gasteiger partial charge in [0.05, 0.1) is 11.8 Å². The van der Waals surface area contributed by atoms with Crippen LogP contribution in [0.5, 0.6) is 5.75 Å². The van der Waals surface area contributed by atoms with E-state index in [2.05, 4.69) is 0 Å². The predicted molar refractivity (Wildman–Crippen MR) is 52.6 cm³/mol. The molecular weight excluding hydrogens is 180 g/mol. The van der Waals surface area contributed by atoms with E-state index in [0.29, 0.717) is 16.5 Å². The number of carbonyl (C=O) groups is 1. The fourth-order valence-corrected chi connectivity index (χ4v) is 1.63. The number of benzene rings is 1. The van der Waals surface area contributed by atoms with Crippen LogP contribution in [0.25, 0.3) is 11.0 Å². The predicted octanol–water partition coefficient (Wildman–Crippen LogP) is 2.65. The Morgan fingerprint density at radius 1 is 1.43 bits per heavy atom. The number of ketones is 1. The molecule has 72 valence electrons. The van der Waals surface area contributed by atoms with E-state index in [0.717, 1.165) is 5.56 Å². The summed E-state index contributed by atoms with van der Waals surface area (Å²) in [6, 6.07) is 3.13. The molecule has 0 aliphatic rings. The Labute approximate surface area is 81.0 Å². The second kappa shape index (κ2) is 2.87. The highest BCUT2D eigenvalue weighted by Crippen LogP contribution is 2.30. The number of hydrogen-bond acceptors (Lipinski definition) is 3. The maximum absolute atomic E-state index is 11.3. The van der Waals surface area contributed by atoms with E-state index in [9.17, 15) is 9.90 Å². The summed E-state index contributed by atoms with van der Waals surface area (Å²) in [6.45, 7) is 3.28. The molecule has 0 unspecified atom stereocenters. The van der Waals surface area contributed by atoms with Gasteiger partial charge in [0, 0.05) is 5.39 Å². The molecule has 1 aromatic heterocycles. The maximum Gasteiger partial charge on any atom is 0.164 e. The van der Waals surface area contributed by atoms with Crippen LogP contribution in [-0.2, 0) is 0 Å². The Balaban J connectivity index is 2.94. The topological polar surface area (TPSA) is 50.4 Å². The van der Waals surface area contributed by atoms with Crippen molar-refractivity contribution in [3.63, 3.8) is 0 Å². The molecule has 1 N–H and O–H groups in total. The fraction of sp³-hybridized carbons (Fsp3) is 0.182. The van der Waals surface area contributed by atoms with E-state index in [1.807, 2.05) is 6.92 Å². The summed E-state index contributed by atoms with van der Waals surface area (Å²) in [7, 11) is 0. The maximum atomic E-state index is 11.3. The number of furan rings is 1. The van der Waals surface area contributed by atoms with E-state index < -0.39 is 0 Å². The van der Waals surface area contributed by atoms with Crippen LogP contribution in [0.1, 0.15) is 22.8 Å². The highest BCUT2D eigenvalue weighted by Gasteiger charge is 2.15. The Hall–Kier alpha value is -1.77. The second-order valence-electron chi connectivity index (χ2n) is 3.31. The van der Waals surface area contributed by atoms with Gasteiger partial charge in [0.2, 0.25) is 0 Å². The standard InChI is InChI=1S/C11H10O3/c1-6-5-14-9-4-3-8(13)11(7(2)12)10(6)9/h3-5,13H,1-2H3. The molecular formula is C11H10O3. The molecule has 0 saturated heterocycles. The first kappa shape index (κ1) is 8.81. The van der Waals surface area contributed by atoms with Crippen LogP contribution in [0, 0.1) is 6.92 Å². The van der Waals surface area contributed by atoms with Crippen LogP contribution in [0.3, 0.4) is 0 Å². The Kier molecular flexibility index (Phi) is 1.81. The lowest BCUT2D eigenvalue weighted by atomic mass is 10.0. The molecule has 3 heteroatoms. The second-order valence-corrected chi connectivity index (χ2v) is 3.31. The van der Waals surface area contributed by atoms with E-state index in [4.69, 9.17) is 4.42 Å². The molecule has 0 aliphatic heterocycles. The van der Waals surface area contributed by atoms with E-state index in [1.165, 1.54) is 13.0 Å². The van der Waals surface area contributed by atoms with Crippen molar-refractivity contribution in [2.75, 3.05) is 0 Å². The average Bonchev–Trinajstić information content (AvgIpc) is 2.47. The minimum Gasteiger partial charge on any atom is -0.507 e. The van der Waals surface area contributed by atoms with Gasteiger partial charge in [-0.3, -0.25) is 4.79 Å². The average molecular weight is 190 g/mol. The number of aryl methyl sites for hydroxylation is 1.